The Hall–Kier alpha value is -1.58. The average Bonchev–Trinajstić information content (AvgIpc) is 3.00. The number of hydrogen-bond donors (Lipinski definition) is 1. The standard InChI is InChI=1S/C12H10ClNO4S/c1-19(17,18)10-9(12(10,6-14)11(15)16)7-2-4-8(13)5-3-7/h2-5,9-10H,1H3,(H,15,16)/t9-,10+,12-/m1/s1. The summed E-state index contributed by atoms with van der Waals surface area (Å²) in [4.78, 5) is 11.3. The minimum Gasteiger partial charge on any atom is -0.480 e. The minimum atomic E-state index is -3.64. The molecule has 0 aromatic heterocycles. The lowest BCUT2D eigenvalue weighted by Gasteiger charge is -2.02. The van der Waals surface area contributed by atoms with Crippen molar-refractivity contribution >= 4 is 27.4 Å². The third-order valence-corrected chi connectivity index (χ3v) is 5.18. The lowest BCUT2D eigenvalue weighted by atomic mass is 10.0. The number of carboxylic acids is 1. The van der Waals surface area contributed by atoms with E-state index in [-0.39, 0.29) is 0 Å². The molecule has 1 aliphatic carbocycles. The molecule has 1 aromatic rings. The fourth-order valence-electron chi connectivity index (χ4n) is 2.48. The van der Waals surface area contributed by atoms with Crippen LogP contribution in [-0.4, -0.2) is 31.0 Å². The Morgan fingerprint density at radius 2 is 1.95 bits per heavy atom. The van der Waals surface area contributed by atoms with Gasteiger partial charge in [0.25, 0.3) is 0 Å². The van der Waals surface area contributed by atoms with Gasteiger partial charge in [-0.25, -0.2) is 8.42 Å². The van der Waals surface area contributed by atoms with Crippen LogP contribution in [0, 0.1) is 16.7 Å². The van der Waals surface area contributed by atoms with E-state index in [0.29, 0.717) is 10.6 Å². The van der Waals surface area contributed by atoms with Gasteiger partial charge in [-0.1, -0.05) is 23.7 Å². The summed E-state index contributed by atoms with van der Waals surface area (Å²) in [7, 11) is -3.64. The van der Waals surface area contributed by atoms with Gasteiger partial charge < -0.3 is 5.11 Å². The summed E-state index contributed by atoms with van der Waals surface area (Å²) >= 11 is 5.73. The van der Waals surface area contributed by atoms with E-state index in [9.17, 15) is 18.3 Å². The smallest absolute Gasteiger partial charge is 0.326 e. The van der Waals surface area contributed by atoms with Crippen LogP contribution in [-0.2, 0) is 14.6 Å². The van der Waals surface area contributed by atoms with E-state index >= 15 is 0 Å². The van der Waals surface area contributed by atoms with Crippen LogP contribution in [0.2, 0.25) is 5.02 Å². The molecule has 1 N–H and O–H groups in total. The molecule has 100 valence electrons. The van der Waals surface area contributed by atoms with Crippen molar-refractivity contribution in [2.75, 3.05) is 6.26 Å². The number of benzene rings is 1. The van der Waals surface area contributed by atoms with Crippen molar-refractivity contribution < 1.29 is 18.3 Å². The third-order valence-electron chi connectivity index (χ3n) is 3.36. The fraction of sp³-hybridized carbons (Fsp3) is 0.333. The molecule has 0 amide bonds. The van der Waals surface area contributed by atoms with Gasteiger partial charge in [-0.2, -0.15) is 5.26 Å². The zero-order valence-corrected chi connectivity index (χ0v) is 11.4. The number of halogens is 1. The zero-order chi connectivity index (χ0) is 14.4. The van der Waals surface area contributed by atoms with Gasteiger partial charge in [0, 0.05) is 17.2 Å². The van der Waals surface area contributed by atoms with Crippen LogP contribution < -0.4 is 0 Å². The molecule has 0 heterocycles. The Balaban J connectivity index is 2.54. The van der Waals surface area contributed by atoms with Gasteiger partial charge in [-0.3, -0.25) is 4.79 Å². The van der Waals surface area contributed by atoms with Crippen LogP contribution in [0.4, 0.5) is 0 Å². The Morgan fingerprint density at radius 1 is 1.42 bits per heavy atom. The number of carboxylic acid groups (broad SMARTS) is 1. The number of rotatable bonds is 3. The number of nitrogens with zero attached hydrogens (tertiary/aromatic N) is 1. The molecule has 3 atom stereocenters. The van der Waals surface area contributed by atoms with Crippen molar-refractivity contribution in [3.63, 3.8) is 0 Å². The first-order valence-electron chi connectivity index (χ1n) is 5.34. The highest BCUT2D eigenvalue weighted by Gasteiger charge is 2.76. The molecular weight excluding hydrogens is 290 g/mol. The molecule has 19 heavy (non-hydrogen) atoms. The first-order chi connectivity index (χ1) is 8.75. The topological polar surface area (TPSA) is 95.2 Å². The van der Waals surface area contributed by atoms with Gasteiger partial charge in [0.05, 0.1) is 6.07 Å². The van der Waals surface area contributed by atoms with Crippen molar-refractivity contribution in [2.24, 2.45) is 5.41 Å². The van der Waals surface area contributed by atoms with Gasteiger partial charge in [-0.05, 0) is 17.7 Å². The molecule has 2 rings (SSSR count). The van der Waals surface area contributed by atoms with E-state index in [2.05, 4.69) is 0 Å². The number of hydrogen-bond acceptors (Lipinski definition) is 4. The molecule has 0 radical (unpaired) electrons. The molecule has 1 fully saturated rings. The Bertz CT molecular complexity index is 677. The van der Waals surface area contributed by atoms with Crippen molar-refractivity contribution in [3.8, 4) is 6.07 Å². The van der Waals surface area contributed by atoms with Crippen molar-refractivity contribution in [1.29, 1.82) is 5.26 Å². The van der Waals surface area contributed by atoms with Crippen LogP contribution in [0.25, 0.3) is 0 Å². The highest BCUT2D eigenvalue weighted by molar-refractivity contribution is 7.91. The molecule has 0 spiro atoms. The predicted octanol–water partition coefficient (Wildman–Crippen LogP) is 1.44. The normalized spacial score (nSPS) is 29.5. The molecule has 7 heteroatoms. The lowest BCUT2D eigenvalue weighted by Crippen LogP contribution is -2.21. The van der Waals surface area contributed by atoms with E-state index in [1.54, 1.807) is 30.3 Å². The Labute approximate surface area is 115 Å². The van der Waals surface area contributed by atoms with E-state index in [1.165, 1.54) is 0 Å². The second-order valence-electron chi connectivity index (χ2n) is 4.57. The summed E-state index contributed by atoms with van der Waals surface area (Å²) < 4.78 is 23.4. The Morgan fingerprint density at radius 3 is 2.26 bits per heavy atom. The highest BCUT2D eigenvalue weighted by Crippen LogP contribution is 2.62. The second kappa shape index (κ2) is 4.22. The summed E-state index contributed by atoms with van der Waals surface area (Å²) in [5.74, 6) is -2.27. The monoisotopic (exact) mass is 299 g/mol. The molecule has 0 unspecified atom stereocenters. The summed E-state index contributed by atoms with van der Waals surface area (Å²) in [5.41, 5.74) is -1.41. The van der Waals surface area contributed by atoms with E-state index < -0.39 is 32.4 Å². The number of sulfone groups is 1. The van der Waals surface area contributed by atoms with Gasteiger partial charge in [0.1, 0.15) is 5.25 Å². The molecule has 1 aromatic carbocycles. The first-order valence-corrected chi connectivity index (χ1v) is 7.67. The molecule has 1 aliphatic rings. The summed E-state index contributed by atoms with van der Waals surface area (Å²) in [6, 6.07) is 7.84. The number of carbonyl (C=O) groups is 1. The molecular formula is C12H10ClNO4S. The Kier molecular flexibility index (Phi) is 3.07. The van der Waals surface area contributed by atoms with E-state index in [4.69, 9.17) is 16.9 Å². The van der Waals surface area contributed by atoms with Crippen LogP contribution >= 0.6 is 11.6 Å². The van der Waals surface area contributed by atoms with E-state index in [0.717, 1.165) is 6.26 Å². The first kappa shape index (κ1) is 13.8. The fourth-order valence-corrected chi connectivity index (χ4v) is 4.37. The molecule has 5 nitrogen and oxygen atoms in total. The summed E-state index contributed by atoms with van der Waals surface area (Å²) in [6.45, 7) is 0. The molecule has 0 bridgehead atoms. The quantitative estimate of drug-likeness (QED) is 0.911. The van der Waals surface area contributed by atoms with Gasteiger partial charge >= 0.3 is 5.97 Å². The molecule has 0 saturated heterocycles. The maximum Gasteiger partial charge on any atom is 0.326 e. The molecule has 0 aliphatic heterocycles. The number of aliphatic carboxylic acids is 1. The third kappa shape index (κ3) is 1.99. The zero-order valence-electron chi connectivity index (χ0n) is 9.87. The van der Waals surface area contributed by atoms with Gasteiger partial charge in [0.2, 0.25) is 0 Å². The number of nitriles is 1. The minimum absolute atomic E-state index is 0.457. The van der Waals surface area contributed by atoms with Crippen molar-refractivity contribution in [1.82, 2.24) is 0 Å². The van der Waals surface area contributed by atoms with Crippen LogP contribution in [0.1, 0.15) is 11.5 Å². The maximum atomic E-state index is 11.7. The SMILES string of the molecule is CS(=O)(=O)[C@H]1[C@@H](c2ccc(Cl)cc2)[C@@]1(C#N)C(=O)O. The van der Waals surface area contributed by atoms with Crippen molar-refractivity contribution in [3.05, 3.63) is 34.9 Å². The van der Waals surface area contributed by atoms with Crippen LogP contribution in [0.15, 0.2) is 24.3 Å². The molecule has 1 saturated carbocycles. The van der Waals surface area contributed by atoms with Crippen LogP contribution in [0.5, 0.6) is 0 Å². The summed E-state index contributed by atoms with van der Waals surface area (Å²) in [6.07, 6.45) is 0.947. The highest BCUT2D eigenvalue weighted by atomic mass is 35.5. The predicted molar refractivity (Wildman–Crippen MR) is 68.5 cm³/mol. The maximum absolute atomic E-state index is 11.7. The average molecular weight is 300 g/mol. The summed E-state index contributed by atoms with van der Waals surface area (Å²) in [5, 5.41) is 17.6. The van der Waals surface area contributed by atoms with Crippen molar-refractivity contribution in [2.45, 2.75) is 11.2 Å². The largest absolute Gasteiger partial charge is 0.480 e. The van der Waals surface area contributed by atoms with Gasteiger partial charge in [0.15, 0.2) is 15.3 Å². The van der Waals surface area contributed by atoms with Crippen LogP contribution in [0.3, 0.4) is 0 Å². The second-order valence-corrected chi connectivity index (χ2v) is 7.17. The lowest BCUT2D eigenvalue weighted by molar-refractivity contribution is -0.141. The van der Waals surface area contributed by atoms with E-state index in [1.807, 2.05) is 0 Å². The van der Waals surface area contributed by atoms with Gasteiger partial charge in [-0.15, -0.1) is 0 Å².